The Morgan fingerprint density at radius 3 is 2.57 bits per heavy atom. The van der Waals surface area contributed by atoms with Gasteiger partial charge < -0.3 is 5.32 Å². The Labute approximate surface area is 118 Å². The largest absolute Gasteiger partial charge is 0.435 e. The molecule has 0 aliphatic carbocycles. The minimum atomic E-state index is -4.48. The van der Waals surface area contributed by atoms with Gasteiger partial charge in [0.1, 0.15) is 0 Å². The van der Waals surface area contributed by atoms with Crippen LogP contribution in [0.2, 0.25) is 0 Å². The molecule has 2 heterocycles. The lowest BCUT2D eigenvalue weighted by Crippen LogP contribution is -2.16. The number of anilines is 1. The number of hydrogen-bond acceptors (Lipinski definition) is 3. The molecule has 2 aromatic rings. The van der Waals surface area contributed by atoms with E-state index in [1.165, 1.54) is 24.0 Å². The molecule has 5 nitrogen and oxygen atoms in total. The third-order valence-electron chi connectivity index (χ3n) is 2.79. The quantitative estimate of drug-likeness (QED) is 0.944. The van der Waals surface area contributed by atoms with Crippen molar-refractivity contribution in [3.05, 3.63) is 42.0 Å². The summed E-state index contributed by atoms with van der Waals surface area (Å²) in [6.45, 7) is 1.60. The molecule has 1 amide bonds. The van der Waals surface area contributed by atoms with E-state index in [9.17, 15) is 18.0 Å². The van der Waals surface area contributed by atoms with Crippen LogP contribution in [0.4, 0.5) is 18.9 Å². The van der Waals surface area contributed by atoms with Crippen molar-refractivity contribution in [1.29, 1.82) is 0 Å². The Morgan fingerprint density at radius 2 is 2.00 bits per heavy atom. The summed E-state index contributed by atoms with van der Waals surface area (Å²) < 4.78 is 38.7. The lowest BCUT2D eigenvalue weighted by atomic mass is 10.3. The molecule has 112 valence electrons. The average molecular weight is 298 g/mol. The molecule has 0 unspecified atom stereocenters. The Hall–Kier alpha value is -2.38. The van der Waals surface area contributed by atoms with Crippen molar-refractivity contribution in [3.63, 3.8) is 0 Å². The van der Waals surface area contributed by atoms with Gasteiger partial charge in [0.15, 0.2) is 5.69 Å². The van der Waals surface area contributed by atoms with Crippen molar-refractivity contribution in [3.8, 4) is 0 Å². The Bertz CT molecular complexity index is 622. The van der Waals surface area contributed by atoms with Gasteiger partial charge in [-0.05, 0) is 25.1 Å². The molecule has 0 atom stereocenters. The van der Waals surface area contributed by atoms with Gasteiger partial charge in [0.25, 0.3) is 0 Å². The lowest BCUT2D eigenvalue weighted by Gasteiger charge is -2.06. The highest BCUT2D eigenvalue weighted by molar-refractivity contribution is 5.90. The molecule has 8 heteroatoms. The molecule has 2 aromatic heterocycles. The normalized spacial score (nSPS) is 11.4. The predicted molar refractivity (Wildman–Crippen MR) is 69.4 cm³/mol. The zero-order valence-corrected chi connectivity index (χ0v) is 11.2. The Balaban J connectivity index is 1.94. The van der Waals surface area contributed by atoms with Crippen molar-refractivity contribution in [2.75, 3.05) is 5.32 Å². The number of alkyl halides is 3. The van der Waals surface area contributed by atoms with Crippen molar-refractivity contribution in [2.24, 2.45) is 0 Å². The van der Waals surface area contributed by atoms with Gasteiger partial charge in [0, 0.05) is 36.7 Å². The number of aryl methyl sites for hydroxylation is 2. The van der Waals surface area contributed by atoms with Gasteiger partial charge in [0.2, 0.25) is 5.91 Å². The molecule has 0 aliphatic heterocycles. The molecule has 0 aliphatic rings. The number of nitrogens with one attached hydrogen (secondary N) is 1. The summed E-state index contributed by atoms with van der Waals surface area (Å²) in [5, 5.41) is 6.09. The molecule has 0 saturated heterocycles. The highest BCUT2D eigenvalue weighted by atomic mass is 19.4. The summed E-state index contributed by atoms with van der Waals surface area (Å²) in [6, 6.07) is 4.21. The van der Waals surface area contributed by atoms with Gasteiger partial charge in [-0.15, -0.1) is 0 Å². The van der Waals surface area contributed by atoms with Crippen LogP contribution in [0, 0.1) is 6.92 Å². The summed E-state index contributed by atoms with van der Waals surface area (Å²) in [6.07, 6.45) is -1.39. The number of nitrogens with zero attached hydrogens (tertiary/aromatic N) is 3. The van der Waals surface area contributed by atoms with E-state index < -0.39 is 11.9 Å². The number of carbonyl (C=O) groups excluding carboxylic acids is 1. The fourth-order valence-electron chi connectivity index (χ4n) is 1.74. The maximum absolute atomic E-state index is 12.5. The molecule has 0 spiro atoms. The van der Waals surface area contributed by atoms with Gasteiger partial charge in [-0.2, -0.15) is 18.3 Å². The molecule has 21 heavy (non-hydrogen) atoms. The summed E-state index contributed by atoms with van der Waals surface area (Å²) >= 11 is 0. The number of halogens is 3. The van der Waals surface area contributed by atoms with E-state index in [0.717, 1.165) is 6.07 Å². The topological polar surface area (TPSA) is 59.8 Å². The molecular weight excluding hydrogens is 285 g/mol. The van der Waals surface area contributed by atoms with Crippen LogP contribution in [0.5, 0.6) is 0 Å². The van der Waals surface area contributed by atoms with E-state index in [1.54, 1.807) is 12.1 Å². The van der Waals surface area contributed by atoms with E-state index in [1.807, 2.05) is 0 Å². The van der Waals surface area contributed by atoms with Gasteiger partial charge in [-0.3, -0.25) is 14.5 Å². The van der Waals surface area contributed by atoms with Crippen molar-refractivity contribution in [2.45, 2.75) is 26.1 Å². The third-order valence-corrected chi connectivity index (χ3v) is 2.79. The molecule has 2 rings (SSSR count). The fourth-order valence-corrected chi connectivity index (χ4v) is 1.74. The van der Waals surface area contributed by atoms with Crippen molar-refractivity contribution >= 4 is 11.6 Å². The first-order valence-corrected chi connectivity index (χ1v) is 6.18. The smallest absolute Gasteiger partial charge is 0.326 e. The average Bonchev–Trinajstić information content (AvgIpc) is 2.79. The number of hydrogen-bond donors (Lipinski definition) is 1. The maximum atomic E-state index is 12.5. The van der Waals surface area contributed by atoms with Crippen LogP contribution in [0.3, 0.4) is 0 Å². The van der Waals surface area contributed by atoms with Crippen LogP contribution < -0.4 is 5.32 Å². The number of pyridine rings is 1. The van der Waals surface area contributed by atoms with Gasteiger partial charge in [0.05, 0.1) is 0 Å². The molecule has 0 bridgehead atoms. The standard InChI is InChI=1S/C13H13F3N4O/c1-9-8-11(13(14,15)16)19-20(9)7-4-12(21)18-10-2-5-17-6-3-10/h2-3,5-6,8H,4,7H2,1H3,(H,17,18,21). The Morgan fingerprint density at radius 1 is 1.33 bits per heavy atom. The predicted octanol–water partition coefficient (Wildman–Crippen LogP) is 2.63. The van der Waals surface area contributed by atoms with Crippen molar-refractivity contribution in [1.82, 2.24) is 14.8 Å². The van der Waals surface area contributed by atoms with Gasteiger partial charge in [-0.1, -0.05) is 0 Å². The van der Waals surface area contributed by atoms with Crippen LogP contribution in [-0.2, 0) is 17.5 Å². The molecule has 0 radical (unpaired) electrons. The number of amides is 1. The highest BCUT2D eigenvalue weighted by Crippen LogP contribution is 2.28. The zero-order chi connectivity index (χ0) is 15.5. The van der Waals surface area contributed by atoms with Crippen LogP contribution in [0.25, 0.3) is 0 Å². The number of aromatic nitrogens is 3. The summed E-state index contributed by atoms with van der Waals surface area (Å²) in [7, 11) is 0. The first kappa shape index (κ1) is 15.0. The summed E-state index contributed by atoms with van der Waals surface area (Å²) in [5.74, 6) is -0.301. The van der Waals surface area contributed by atoms with E-state index in [0.29, 0.717) is 11.4 Å². The molecule has 1 N–H and O–H groups in total. The third kappa shape index (κ3) is 4.04. The first-order chi connectivity index (χ1) is 9.86. The Kier molecular flexibility index (Phi) is 4.25. The molecule has 0 aromatic carbocycles. The monoisotopic (exact) mass is 298 g/mol. The van der Waals surface area contributed by atoms with E-state index in [4.69, 9.17) is 0 Å². The van der Waals surface area contributed by atoms with Gasteiger partial charge in [-0.25, -0.2) is 0 Å². The molecular formula is C13H13F3N4O. The van der Waals surface area contributed by atoms with E-state index in [-0.39, 0.29) is 18.9 Å². The minimum Gasteiger partial charge on any atom is -0.326 e. The first-order valence-electron chi connectivity index (χ1n) is 6.18. The second-order valence-electron chi connectivity index (χ2n) is 4.43. The summed E-state index contributed by atoms with van der Waals surface area (Å²) in [5.41, 5.74) is -0.00301. The second-order valence-corrected chi connectivity index (χ2v) is 4.43. The highest BCUT2D eigenvalue weighted by Gasteiger charge is 2.34. The van der Waals surface area contributed by atoms with Gasteiger partial charge >= 0.3 is 6.18 Å². The molecule has 0 saturated carbocycles. The van der Waals surface area contributed by atoms with Crippen LogP contribution in [0.15, 0.2) is 30.6 Å². The summed E-state index contributed by atoms with van der Waals surface area (Å²) in [4.78, 5) is 15.5. The van der Waals surface area contributed by atoms with E-state index in [2.05, 4.69) is 15.4 Å². The van der Waals surface area contributed by atoms with Crippen LogP contribution >= 0.6 is 0 Å². The SMILES string of the molecule is Cc1cc(C(F)(F)F)nn1CCC(=O)Nc1ccncc1. The number of carbonyl (C=O) groups is 1. The number of rotatable bonds is 4. The maximum Gasteiger partial charge on any atom is 0.435 e. The zero-order valence-electron chi connectivity index (χ0n) is 11.2. The van der Waals surface area contributed by atoms with Crippen LogP contribution in [-0.4, -0.2) is 20.7 Å². The van der Waals surface area contributed by atoms with Crippen LogP contribution in [0.1, 0.15) is 17.8 Å². The fraction of sp³-hybridized carbons (Fsp3) is 0.308. The second kappa shape index (κ2) is 5.94. The van der Waals surface area contributed by atoms with Crippen molar-refractivity contribution < 1.29 is 18.0 Å². The molecule has 0 fully saturated rings. The van der Waals surface area contributed by atoms with E-state index >= 15 is 0 Å². The lowest BCUT2D eigenvalue weighted by molar-refractivity contribution is -0.141. The minimum absolute atomic E-state index is 0.0299.